The lowest BCUT2D eigenvalue weighted by Gasteiger charge is -2.34. The van der Waals surface area contributed by atoms with Crippen molar-refractivity contribution in [2.24, 2.45) is 0 Å². The van der Waals surface area contributed by atoms with Crippen molar-refractivity contribution in [2.75, 3.05) is 19.6 Å². The summed E-state index contributed by atoms with van der Waals surface area (Å²) < 4.78 is 0. The topological polar surface area (TPSA) is 75.5 Å². The smallest absolute Gasteiger partial charge is 0.273 e. The van der Waals surface area contributed by atoms with E-state index in [9.17, 15) is 14.9 Å². The number of nitro benzene ring substituents is 1. The fraction of sp³-hybridized carbons (Fsp3) is 0.462. The number of carbonyl (C=O) groups is 1. The van der Waals surface area contributed by atoms with E-state index in [0.29, 0.717) is 12.1 Å². The molecule has 6 nitrogen and oxygen atoms in total. The van der Waals surface area contributed by atoms with Gasteiger partial charge in [0.05, 0.1) is 11.3 Å². The standard InChI is InChI=1S/C13H17N3O3/c1-10-9-14-6-7-15(10)13(17)8-11-4-2-3-5-12(11)16(18)19/h2-5,10,14H,6-9H2,1H3. The predicted octanol–water partition coefficient (Wildman–Crippen LogP) is 0.958. The highest BCUT2D eigenvalue weighted by Crippen LogP contribution is 2.19. The summed E-state index contributed by atoms with van der Waals surface area (Å²) in [5.41, 5.74) is 0.488. The maximum atomic E-state index is 12.2. The first-order valence-corrected chi connectivity index (χ1v) is 6.32. The van der Waals surface area contributed by atoms with E-state index in [0.717, 1.165) is 13.1 Å². The van der Waals surface area contributed by atoms with Gasteiger partial charge in [-0.2, -0.15) is 0 Å². The summed E-state index contributed by atoms with van der Waals surface area (Å²) in [7, 11) is 0. The number of nitrogens with one attached hydrogen (secondary N) is 1. The average Bonchev–Trinajstić information content (AvgIpc) is 2.39. The molecule has 0 aromatic heterocycles. The van der Waals surface area contributed by atoms with Gasteiger partial charge in [-0.15, -0.1) is 0 Å². The van der Waals surface area contributed by atoms with Crippen LogP contribution in [-0.4, -0.2) is 41.4 Å². The van der Waals surface area contributed by atoms with Gasteiger partial charge in [-0.3, -0.25) is 14.9 Å². The molecule has 1 aliphatic heterocycles. The van der Waals surface area contributed by atoms with Gasteiger partial charge in [0, 0.05) is 37.3 Å². The van der Waals surface area contributed by atoms with E-state index in [4.69, 9.17) is 0 Å². The Bertz CT molecular complexity index is 490. The van der Waals surface area contributed by atoms with Crippen LogP contribution in [0.3, 0.4) is 0 Å². The van der Waals surface area contributed by atoms with Crippen molar-refractivity contribution in [2.45, 2.75) is 19.4 Å². The summed E-state index contributed by atoms with van der Waals surface area (Å²) >= 11 is 0. The Morgan fingerprint density at radius 3 is 2.95 bits per heavy atom. The molecule has 1 N–H and O–H groups in total. The lowest BCUT2D eigenvalue weighted by Crippen LogP contribution is -2.52. The molecule has 102 valence electrons. The first kappa shape index (κ1) is 13.5. The predicted molar refractivity (Wildman–Crippen MR) is 70.8 cm³/mol. The molecule has 19 heavy (non-hydrogen) atoms. The van der Waals surface area contributed by atoms with Gasteiger partial charge in [-0.1, -0.05) is 18.2 Å². The Morgan fingerprint density at radius 2 is 2.26 bits per heavy atom. The van der Waals surface area contributed by atoms with Gasteiger partial charge in [0.25, 0.3) is 5.69 Å². The molecule has 0 aliphatic carbocycles. The number of benzene rings is 1. The highest BCUT2D eigenvalue weighted by atomic mass is 16.6. The molecule has 0 radical (unpaired) electrons. The van der Waals surface area contributed by atoms with Crippen molar-refractivity contribution in [3.63, 3.8) is 0 Å². The number of piperazine rings is 1. The fourth-order valence-corrected chi connectivity index (χ4v) is 2.31. The van der Waals surface area contributed by atoms with Crippen LogP contribution in [0.25, 0.3) is 0 Å². The van der Waals surface area contributed by atoms with E-state index in [-0.39, 0.29) is 24.1 Å². The molecular weight excluding hydrogens is 246 g/mol. The van der Waals surface area contributed by atoms with Crippen LogP contribution in [0.5, 0.6) is 0 Å². The van der Waals surface area contributed by atoms with Crippen LogP contribution in [0.1, 0.15) is 12.5 Å². The Balaban J connectivity index is 2.12. The highest BCUT2D eigenvalue weighted by molar-refractivity contribution is 5.80. The van der Waals surface area contributed by atoms with Crippen molar-refractivity contribution in [1.29, 1.82) is 0 Å². The minimum atomic E-state index is -0.441. The molecule has 1 heterocycles. The lowest BCUT2D eigenvalue weighted by atomic mass is 10.1. The van der Waals surface area contributed by atoms with E-state index >= 15 is 0 Å². The molecule has 1 atom stereocenters. The monoisotopic (exact) mass is 263 g/mol. The number of nitrogens with zero attached hydrogens (tertiary/aromatic N) is 2. The summed E-state index contributed by atoms with van der Waals surface area (Å²) in [4.78, 5) is 24.5. The largest absolute Gasteiger partial charge is 0.337 e. The second kappa shape index (κ2) is 5.79. The molecule has 1 saturated heterocycles. The van der Waals surface area contributed by atoms with Gasteiger partial charge in [0.2, 0.25) is 5.91 Å². The minimum absolute atomic E-state index is 0.0126. The molecule has 2 rings (SSSR count). The number of hydrogen-bond acceptors (Lipinski definition) is 4. The maximum Gasteiger partial charge on any atom is 0.273 e. The SMILES string of the molecule is CC1CNCCN1C(=O)Cc1ccccc1[N+](=O)[O-]. The Hall–Kier alpha value is -1.95. The van der Waals surface area contributed by atoms with Crippen molar-refractivity contribution in [1.82, 2.24) is 10.2 Å². The quantitative estimate of drug-likeness (QED) is 0.651. The van der Waals surface area contributed by atoms with Crippen LogP contribution in [0.2, 0.25) is 0 Å². The number of hydrogen-bond donors (Lipinski definition) is 1. The van der Waals surface area contributed by atoms with E-state index in [1.807, 2.05) is 6.92 Å². The van der Waals surface area contributed by atoms with Gasteiger partial charge in [-0.25, -0.2) is 0 Å². The number of amides is 1. The molecule has 0 spiro atoms. The minimum Gasteiger partial charge on any atom is -0.337 e. The van der Waals surface area contributed by atoms with Crippen molar-refractivity contribution < 1.29 is 9.72 Å². The van der Waals surface area contributed by atoms with E-state index in [1.54, 1.807) is 23.1 Å². The molecule has 1 fully saturated rings. The van der Waals surface area contributed by atoms with Crippen molar-refractivity contribution in [3.05, 3.63) is 39.9 Å². The van der Waals surface area contributed by atoms with Crippen LogP contribution >= 0.6 is 0 Å². The van der Waals surface area contributed by atoms with Gasteiger partial charge in [-0.05, 0) is 6.92 Å². The molecule has 0 bridgehead atoms. The second-order valence-corrected chi connectivity index (χ2v) is 4.70. The normalized spacial score (nSPS) is 19.2. The van der Waals surface area contributed by atoms with Gasteiger partial charge in [0.1, 0.15) is 0 Å². The average molecular weight is 263 g/mol. The lowest BCUT2D eigenvalue weighted by molar-refractivity contribution is -0.385. The second-order valence-electron chi connectivity index (χ2n) is 4.70. The first-order chi connectivity index (χ1) is 9.09. The third-order valence-electron chi connectivity index (χ3n) is 3.35. The Morgan fingerprint density at radius 1 is 1.53 bits per heavy atom. The zero-order chi connectivity index (χ0) is 13.8. The molecule has 6 heteroatoms. The third-order valence-corrected chi connectivity index (χ3v) is 3.35. The van der Waals surface area contributed by atoms with E-state index < -0.39 is 4.92 Å². The van der Waals surface area contributed by atoms with Gasteiger partial charge < -0.3 is 10.2 Å². The number of rotatable bonds is 3. The Kier molecular flexibility index (Phi) is 4.11. The summed E-state index contributed by atoms with van der Waals surface area (Å²) in [5.74, 6) is -0.0525. The highest BCUT2D eigenvalue weighted by Gasteiger charge is 2.25. The molecule has 1 unspecified atom stereocenters. The first-order valence-electron chi connectivity index (χ1n) is 6.32. The summed E-state index contributed by atoms with van der Waals surface area (Å²) in [6.07, 6.45) is 0.0848. The fourth-order valence-electron chi connectivity index (χ4n) is 2.31. The third kappa shape index (κ3) is 3.08. The van der Waals surface area contributed by atoms with E-state index in [1.165, 1.54) is 6.07 Å². The van der Waals surface area contributed by atoms with E-state index in [2.05, 4.69) is 5.32 Å². The van der Waals surface area contributed by atoms with Crippen LogP contribution in [0.15, 0.2) is 24.3 Å². The van der Waals surface area contributed by atoms with Gasteiger partial charge >= 0.3 is 0 Å². The summed E-state index contributed by atoms with van der Waals surface area (Å²) in [5, 5.41) is 14.1. The molecule has 1 amide bonds. The molecule has 0 saturated carbocycles. The zero-order valence-corrected chi connectivity index (χ0v) is 10.8. The number of carbonyl (C=O) groups excluding carboxylic acids is 1. The Labute approximate surface area is 111 Å². The van der Waals surface area contributed by atoms with Crippen molar-refractivity contribution >= 4 is 11.6 Å². The number of para-hydroxylation sites is 1. The zero-order valence-electron chi connectivity index (χ0n) is 10.8. The molecule has 1 aromatic rings. The van der Waals surface area contributed by atoms with Gasteiger partial charge in [0.15, 0.2) is 0 Å². The summed E-state index contributed by atoms with van der Waals surface area (Å²) in [6.45, 7) is 4.17. The summed E-state index contributed by atoms with van der Waals surface area (Å²) in [6, 6.07) is 6.53. The molecule has 1 aromatic carbocycles. The van der Waals surface area contributed by atoms with Crippen LogP contribution in [0.4, 0.5) is 5.69 Å². The van der Waals surface area contributed by atoms with Crippen LogP contribution < -0.4 is 5.32 Å². The van der Waals surface area contributed by atoms with Crippen LogP contribution in [0, 0.1) is 10.1 Å². The van der Waals surface area contributed by atoms with Crippen LogP contribution in [-0.2, 0) is 11.2 Å². The molecular formula is C13H17N3O3. The maximum absolute atomic E-state index is 12.2. The van der Waals surface area contributed by atoms with Crippen molar-refractivity contribution in [3.8, 4) is 0 Å². The molecule has 1 aliphatic rings. The number of nitro groups is 1.